The Morgan fingerprint density at radius 1 is 1.40 bits per heavy atom. The van der Waals surface area contributed by atoms with E-state index in [0.717, 1.165) is 12.1 Å². The van der Waals surface area contributed by atoms with E-state index in [1.54, 1.807) is 0 Å². The molecule has 5 nitrogen and oxygen atoms in total. The molecule has 1 aliphatic heterocycles. The van der Waals surface area contributed by atoms with Gasteiger partial charge in [0.25, 0.3) is 0 Å². The van der Waals surface area contributed by atoms with Crippen LogP contribution in [0.25, 0.3) is 0 Å². The Bertz CT molecular complexity index is 568. The van der Waals surface area contributed by atoms with Crippen LogP contribution in [0.3, 0.4) is 0 Å². The van der Waals surface area contributed by atoms with Gasteiger partial charge < -0.3 is 15.3 Å². The fraction of sp³-hybridized carbons (Fsp3) is 0.333. The Morgan fingerprint density at radius 2 is 2.10 bits per heavy atom. The summed E-state index contributed by atoms with van der Waals surface area (Å²) in [4.78, 5) is 23.9. The molecule has 1 aliphatic rings. The zero-order valence-corrected chi connectivity index (χ0v) is 11.8. The van der Waals surface area contributed by atoms with Gasteiger partial charge in [-0.05, 0) is 28.4 Å². The molecule has 0 aliphatic carbocycles. The molecule has 0 spiro atoms. The van der Waals surface area contributed by atoms with Gasteiger partial charge in [-0.15, -0.1) is 0 Å². The number of hydrogen-bond acceptors (Lipinski definition) is 2. The van der Waals surface area contributed by atoms with E-state index in [1.165, 1.54) is 4.90 Å². The Balaban J connectivity index is 2.08. The lowest BCUT2D eigenvalue weighted by atomic mass is 10.1. The number of carbonyl (C=O) groups excluding carboxylic acids is 1. The molecule has 2 rings (SSSR count). The van der Waals surface area contributed by atoms with Crippen molar-refractivity contribution in [1.82, 2.24) is 4.90 Å². The molecule has 1 fully saturated rings. The second-order valence-electron chi connectivity index (χ2n) is 4.45. The molecular formula is C12H11BrF2N2O3. The zero-order valence-electron chi connectivity index (χ0n) is 10.2. The van der Waals surface area contributed by atoms with Crippen LogP contribution < -0.4 is 5.32 Å². The number of urea groups is 1. The quantitative estimate of drug-likeness (QED) is 0.807. The molecule has 1 saturated heterocycles. The highest BCUT2D eigenvalue weighted by molar-refractivity contribution is 9.10. The monoisotopic (exact) mass is 348 g/mol. The normalized spacial score (nSPS) is 18.1. The van der Waals surface area contributed by atoms with E-state index < -0.39 is 29.6 Å². The molecule has 0 saturated carbocycles. The van der Waals surface area contributed by atoms with Crippen LogP contribution in [0.15, 0.2) is 16.6 Å². The fourth-order valence-corrected chi connectivity index (χ4v) is 2.42. The molecule has 8 heteroatoms. The summed E-state index contributed by atoms with van der Waals surface area (Å²) in [5.41, 5.74) is -0.291. The van der Waals surface area contributed by atoms with E-state index >= 15 is 0 Å². The van der Waals surface area contributed by atoms with Crippen molar-refractivity contribution < 1.29 is 23.5 Å². The number of nitrogens with zero attached hydrogens (tertiary/aromatic N) is 1. The lowest BCUT2D eigenvalue weighted by Gasteiger charge is -2.17. The largest absolute Gasteiger partial charge is 0.481 e. The van der Waals surface area contributed by atoms with Gasteiger partial charge in [-0.2, -0.15) is 0 Å². The number of nitrogens with one attached hydrogen (secondary N) is 1. The third-order valence-electron chi connectivity index (χ3n) is 3.06. The van der Waals surface area contributed by atoms with Gasteiger partial charge in [0.05, 0.1) is 16.1 Å². The van der Waals surface area contributed by atoms with E-state index in [9.17, 15) is 18.4 Å². The van der Waals surface area contributed by atoms with E-state index in [1.807, 2.05) is 0 Å². The Kier molecular flexibility index (Phi) is 4.22. The average Bonchev–Trinajstić information content (AvgIpc) is 2.85. The van der Waals surface area contributed by atoms with Crippen molar-refractivity contribution in [3.05, 3.63) is 28.2 Å². The first-order chi connectivity index (χ1) is 9.38. The number of carbonyl (C=O) groups is 2. The lowest BCUT2D eigenvalue weighted by Crippen LogP contribution is -2.34. The van der Waals surface area contributed by atoms with Crippen molar-refractivity contribution in [2.24, 2.45) is 5.92 Å². The third kappa shape index (κ3) is 3.06. The summed E-state index contributed by atoms with van der Waals surface area (Å²) in [6, 6.07) is 1.16. The van der Waals surface area contributed by atoms with Gasteiger partial charge >= 0.3 is 12.0 Å². The molecule has 1 heterocycles. The lowest BCUT2D eigenvalue weighted by molar-refractivity contribution is -0.141. The molecule has 108 valence electrons. The van der Waals surface area contributed by atoms with Crippen LogP contribution in [0.1, 0.15) is 6.42 Å². The summed E-state index contributed by atoms with van der Waals surface area (Å²) in [5, 5.41) is 11.1. The number of likely N-dealkylation sites (tertiary alicyclic amines) is 1. The highest BCUT2D eigenvalue weighted by atomic mass is 79.9. The zero-order chi connectivity index (χ0) is 14.9. The van der Waals surface area contributed by atoms with Gasteiger partial charge in [-0.3, -0.25) is 4.79 Å². The Morgan fingerprint density at radius 3 is 2.70 bits per heavy atom. The van der Waals surface area contributed by atoms with Crippen molar-refractivity contribution in [3.63, 3.8) is 0 Å². The maximum absolute atomic E-state index is 13.7. The fourth-order valence-electron chi connectivity index (χ4n) is 1.99. The van der Waals surface area contributed by atoms with Crippen molar-refractivity contribution in [2.45, 2.75) is 6.42 Å². The minimum absolute atomic E-state index is 0.0548. The van der Waals surface area contributed by atoms with Crippen LogP contribution in [0.5, 0.6) is 0 Å². The number of rotatable bonds is 2. The van der Waals surface area contributed by atoms with Gasteiger partial charge in [0, 0.05) is 19.2 Å². The van der Waals surface area contributed by atoms with E-state index in [2.05, 4.69) is 21.2 Å². The maximum atomic E-state index is 13.7. The number of anilines is 1. The predicted octanol–water partition coefficient (Wildman–Crippen LogP) is 2.67. The third-order valence-corrected chi connectivity index (χ3v) is 3.64. The molecule has 2 amide bonds. The molecule has 1 unspecified atom stereocenters. The summed E-state index contributed by atoms with van der Waals surface area (Å²) < 4.78 is 26.8. The highest BCUT2D eigenvalue weighted by Gasteiger charge is 2.31. The topological polar surface area (TPSA) is 69.6 Å². The molecule has 1 aromatic carbocycles. The van der Waals surface area contributed by atoms with Crippen LogP contribution in [-0.2, 0) is 4.79 Å². The minimum atomic E-state index is -0.972. The summed E-state index contributed by atoms with van der Waals surface area (Å²) in [5.74, 6) is -3.07. The van der Waals surface area contributed by atoms with Crippen molar-refractivity contribution >= 4 is 33.6 Å². The summed E-state index contributed by atoms with van der Waals surface area (Å²) in [6.45, 7) is 0.320. The molecule has 0 aromatic heterocycles. The maximum Gasteiger partial charge on any atom is 0.321 e. The average molecular weight is 349 g/mol. The SMILES string of the molecule is O=C(O)C1CCN(C(=O)Nc2cc(F)cc(Br)c2F)C1. The van der Waals surface area contributed by atoms with Gasteiger partial charge in [-0.1, -0.05) is 0 Å². The van der Waals surface area contributed by atoms with Gasteiger partial charge in [0.15, 0.2) is 5.82 Å². The number of benzene rings is 1. The Labute approximate surface area is 121 Å². The van der Waals surface area contributed by atoms with Crippen LogP contribution in [0, 0.1) is 17.6 Å². The Hall–Kier alpha value is -1.70. The smallest absolute Gasteiger partial charge is 0.321 e. The van der Waals surface area contributed by atoms with Crippen molar-refractivity contribution in [3.8, 4) is 0 Å². The number of carboxylic acid groups (broad SMARTS) is 1. The van der Waals surface area contributed by atoms with Gasteiger partial charge in [-0.25, -0.2) is 13.6 Å². The van der Waals surface area contributed by atoms with Crippen LogP contribution in [-0.4, -0.2) is 35.1 Å². The molecule has 2 N–H and O–H groups in total. The molecule has 0 bridgehead atoms. The number of amides is 2. The van der Waals surface area contributed by atoms with E-state index in [0.29, 0.717) is 6.42 Å². The van der Waals surface area contributed by atoms with Crippen LogP contribution >= 0.6 is 15.9 Å². The van der Waals surface area contributed by atoms with E-state index in [4.69, 9.17) is 5.11 Å². The van der Waals surface area contributed by atoms with Crippen molar-refractivity contribution in [2.75, 3.05) is 18.4 Å². The number of halogens is 3. The van der Waals surface area contributed by atoms with Crippen LogP contribution in [0.2, 0.25) is 0 Å². The van der Waals surface area contributed by atoms with Crippen molar-refractivity contribution in [1.29, 1.82) is 0 Å². The van der Waals surface area contributed by atoms with Gasteiger partial charge in [0.1, 0.15) is 5.82 Å². The second-order valence-corrected chi connectivity index (χ2v) is 5.30. The number of aliphatic carboxylic acids is 1. The predicted molar refractivity (Wildman–Crippen MR) is 70.4 cm³/mol. The molecule has 0 radical (unpaired) electrons. The first kappa shape index (κ1) is 14.7. The molecule has 1 atom stereocenters. The second kappa shape index (κ2) is 5.74. The summed E-state index contributed by atoms with van der Waals surface area (Å²) >= 11 is 2.84. The number of hydrogen-bond donors (Lipinski definition) is 2. The standard InChI is InChI=1S/C12H11BrF2N2O3/c13-8-3-7(14)4-9(10(8)15)16-12(20)17-2-1-6(5-17)11(18)19/h3-4,6H,1-2,5H2,(H,16,20)(H,18,19). The first-order valence-corrected chi connectivity index (χ1v) is 6.61. The number of carboxylic acids is 1. The molecule has 1 aromatic rings. The van der Waals surface area contributed by atoms with E-state index in [-0.39, 0.29) is 23.2 Å². The van der Waals surface area contributed by atoms with Crippen LogP contribution in [0.4, 0.5) is 19.3 Å². The first-order valence-electron chi connectivity index (χ1n) is 5.81. The molecular weight excluding hydrogens is 338 g/mol. The molecule has 20 heavy (non-hydrogen) atoms. The summed E-state index contributed by atoms with van der Waals surface area (Å²) in [6.07, 6.45) is 0.345. The summed E-state index contributed by atoms with van der Waals surface area (Å²) in [7, 11) is 0. The highest BCUT2D eigenvalue weighted by Crippen LogP contribution is 2.25. The van der Waals surface area contributed by atoms with Gasteiger partial charge in [0.2, 0.25) is 0 Å². The minimum Gasteiger partial charge on any atom is -0.481 e.